The molecule has 2 heterocycles. The van der Waals surface area contributed by atoms with Gasteiger partial charge in [-0.2, -0.15) is 0 Å². The highest BCUT2D eigenvalue weighted by molar-refractivity contribution is 5.97. The van der Waals surface area contributed by atoms with Gasteiger partial charge in [-0.25, -0.2) is 4.98 Å². The lowest BCUT2D eigenvalue weighted by atomic mass is 10.0. The highest BCUT2D eigenvalue weighted by Crippen LogP contribution is 2.31. The SMILES string of the molecule is COc1cc2c(cc1C(=O)N1CCc3nc[nH]c3C1)CCC2. The fraction of sp³-hybridized carbons (Fsp3) is 0.412. The third kappa shape index (κ3) is 2.08. The van der Waals surface area contributed by atoms with Crippen LogP contribution in [0.1, 0.15) is 39.3 Å². The van der Waals surface area contributed by atoms with Gasteiger partial charge in [0.2, 0.25) is 0 Å². The number of amides is 1. The van der Waals surface area contributed by atoms with Crippen molar-refractivity contribution in [2.75, 3.05) is 13.7 Å². The molecule has 0 fully saturated rings. The van der Waals surface area contributed by atoms with Crippen molar-refractivity contribution in [2.24, 2.45) is 0 Å². The Hall–Kier alpha value is -2.30. The average Bonchev–Trinajstić information content (AvgIpc) is 3.20. The highest BCUT2D eigenvalue weighted by atomic mass is 16.5. The van der Waals surface area contributed by atoms with Crippen molar-refractivity contribution >= 4 is 5.91 Å². The molecule has 1 amide bonds. The van der Waals surface area contributed by atoms with Crippen LogP contribution in [0, 0.1) is 0 Å². The van der Waals surface area contributed by atoms with Crippen LogP contribution in [0.4, 0.5) is 0 Å². The predicted molar refractivity (Wildman–Crippen MR) is 82.1 cm³/mol. The van der Waals surface area contributed by atoms with Crippen LogP contribution in [0.5, 0.6) is 5.75 Å². The Morgan fingerprint density at radius 3 is 2.91 bits per heavy atom. The molecule has 0 bridgehead atoms. The summed E-state index contributed by atoms with van der Waals surface area (Å²) in [6.07, 6.45) is 5.81. The number of ether oxygens (including phenoxy) is 1. The van der Waals surface area contributed by atoms with E-state index in [1.165, 1.54) is 11.1 Å². The van der Waals surface area contributed by atoms with E-state index in [1.807, 2.05) is 17.0 Å². The maximum absolute atomic E-state index is 12.9. The number of nitrogens with zero attached hydrogens (tertiary/aromatic N) is 2. The third-order valence-corrected chi connectivity index (χ3v) is 4.71. The average molecular weight is 297 g/mol. The van der Waals surface area contributed by atoms with Gasteiger partial charge in [-0.05, 0) is 42.5 Å². The zero-order valence-electron chi connectivity index (χ0n) is 12.7. The van der Waals surface area contributed by atoms with Crippen molar-refractivity contribution in [3.63, 3.8) is 0 Å². The second-order valence-corrected chi connectivity index (χ2v) is 5.98. The fourth-order valence-corrected chi connectivity index (χ4v) is 3.49. The second-order valence-electron chi connectivity index (χ2n) is 5.98. The highest BCUT2D eigenvalue weighted by Gasteiger charge is 2.27. The number of aromatic amines is 1. The van der Waals surface area contributed by atoms with Crippen molar-refractivity contribution in [1.82, 2.24) is 14.9 Å². The van der Waals surface area contributed by atoms with E-state index >= 15 is 0 Å². The molecule has 22 heavy (non-hydrogen) atoms. The van der Waals surface area contributed by atoms with Crippen molar-refractivity contribution in [1.29, 1.82) is 0 Å². The zero-order chi connectivity index (χ0) is 15.1. The summed E-state index contributed by atoms with van der Waals surface area (Å²) in [6.45, 7) is 1.30. The number of aryl methyl sites for hydroxylation is 2. The van der Waals surface area contributed by atoms with Gasteiger partial charge in [0.15, 0.2) is 0 Å². The molecule has 0 unspecified atom stereocenters. The predicted octanol–water partition coefficient (Wildman–Crippen LogP) is 2.11. The number of aromatic nitrogens is 2. The first-order valence-corrected chi connectivity index (χ1v) is 7.76. The molecule has 0 atom stereocenters. The lowest BCUT2D eigenvalue weighted by Crippen LogP contribution is -2.36. The maximum atomic E-state index is 12.9. The molecular weight excluding hydrogens is 278 g/mol. The lowest BCUT2D eigenvalue weighted by molar-refractivity contribution is 0.0728. The van der Waals surface area contributed by atoms with Gasteiger partial charge in [0, 0.05) is 13.0 Å². The Balaban J connectivity index is 1.66. The zero-order valence-corrected chi connectivity index (χ0v) is 12.7. The summed E-state index contributed by atoms with van der Waals surface area (Å²) in [6, 6.07) is 4.08. The van der Waals surface area contributed by atoms with Crippen LogP contribution in [0.3, 0.4) is 0 Å². The van der Waals surface area contributed by atoms with Crippen LogP contribution in [0.15, 0.2) is 18.5 Å². The number of hydrogen-bond donors (Lipinski definition) is 1. The molecule has 1 aromatic carbocycles. The smallest absolute Gasteiger partial charge is 0.257 e. The van der Waals surface area contributed by atoms with E-state index in [4.69, 9.17) is 4.74 Å². The fourth-order valence-electron chi connectivity index (χ4n) is 3.49. The molecular formula is C17H19N3O2. The van der Waals surface area contributed by atoms with Crippen molar-refractivity contribution < 1.29 is 9.53 Å². The topological polar surface area (TPSA) is 58.2 Å². The molecule has 114 valence electrons. The number of hydrogen-bond acceptors (Lipinski definition) is 3. The number of carbonyl (C=O) groups excluding carboxylic acids is 1. The molecule has 0 spiro atoms. The van der Waals surface area contributed by atoms with Crippen LogP contribution in [-0.4, -0.2) is 34.4 Å². The van der Waals surface area contributed by atoms with Gasteiger partial charge in [-0.1, -0.05) is 0 Å². The van der Waals surface area contributed by atoms with Crippen molar-refractivity contribution in [3.8, 4) is 5.75 Å². The van der Waals surface area contributed by atoms with E-state index < -0.39 is 0 Å². The molecule has 1 N–H and O–H groups in total. The van der Waals surface area contributed by atoms with Crippen LogP contribution >= 0.6 is 0 Å². The van der Waals surface area contributed by atoms with Crippen LogP contribution in [0.2, 0.25) is 0 Å². The summed E-state index contributed by atoms with van der Waals surface area (Å²) in [4.78, 5) is 22.2. The normalized spacial score (nSPS) is 16.3. The standard InChI is InChI=1S/C17H19N3O2/c1-22-16-8-12-4-2-3-11(12)7-13(16)17(21)20-6-5-14-15(9-20)19-10-18-14/h7-8,10H,2-6,9H2,1H3,(H,18,19). The van der Waals surface area contributed by atoms with Gasteiger partial charge in [-0.3, -0.25) is 4.79 Å². The monoisotopic (exact) mass is 297 g/mol. The quantitative estimate of drug-likeness (QED) is 0.923. The van der Waals surface area contributed by atoms with Gasteiger partial charge in [0.05, 0.1) is 36.9 Å². The molecule has 2 aliphatic rings. The third-order valence-electron chi connectivity index (χ3n) is 4.71. The van der Waals surface area contributed by atoms with E-state index in [2.05, 4.69) is 9.97 Å². The summed E-state index contributed by atoms with van der Waals surface area (Å²) in [5, 5.41) is 0. The minimum atomic E-state index is 0.0480. The Morgan fingerprint density at radius 2 is 2.09 bits per heavy atom. The van der Waals surface area contributed by atoms with E-state index in [0.717, 1.165) is 37.1 Å². The van der Waals surface area contributed by atoms with E-state index in [0.29, 0.717) is 24.4 Å². The molecule has 0 saturated carbocycles. The Labute approximate surface area is 129 Å². The Bertz CT molecular complexity index is 736. The number of H-pyrrole nitrogens is 1. The molecule has 1 aliphatic carbocycles. The van der Waals surface area contributed by atoms with E-state index in [9.17, 15) is 4.79 Å². The Kier molecular flexibility index (Phi) is 3.13. The van der Waals surface area contributed by atoms with Crippen LogP contribution in [-0.2, 0) is 25.8 Å². The summed E-state index contributed by atoms with van der Waals surface area (Å²) in [5.41, 5.74) is 5.42. The number of rotatable bonds is 2. The van der Waals surface area contributed by atoms with Gasteiger partial charge in [0.25, 0.3) is 5.91 Å². The number of imidazole rings is 1. The van der Waals surface area contributed by atoms with Gasteiger partial charge >= 0.3 is 0 Å². The van der Waals surface area contributed by atoms with E-state index in [-0.39, 0.29) is 5.91 Å². The number of methoxy groups -OCH3 is 1. The van der Waals surface area contributed by atoms with E-state index in [1.54, 1.807) is 13.4 Å². The number of nitrogens with one attached hydrogen (secondary N) is 1. The largest absolute Gasteiger partial charge is 0.496 e. The first-order valence-electron chi connectivity index (χ1n) is 7.76. The van der Waals surface area contributed by atoms with Crippen molar-refractivity contribution in [2.45, 2.75) is 32.2 Å². The minimum Gasteiger partial charge on any atom is -0.496 e. The van der Waals surface area contributed by atoms with Crippen LogP contribution in [0.25, 0.3) is 0 Å². The van der Waals surface area contributed by atoms with Crippen molar-refractivity contribution in [3.05, 3.63) is 46.5 Å². The van der Waals surface area contributed by atoms with Gasteiger partial charge < -0.3 is 14.6 Å². The molecule has 5 heteroatoms. The number of fused-ring (bicyclic) bond motifs is 2. The van der Waals surface area contributed by atoms with Gasteiger partial charge in [-0.15, -0.1) is 0 Å². The summed E-state index contributed by atoms with van der Waals surface area (Å²) < 4.78 is 5.47. The second kappa shape index (κ2) is 5.16. The first kappa shape index (κ1) is 13.4. The van der Waals surface area contributed by atoms with Gasteiger partial charge in [0.1, 0.15) is 5.75 Å². The summed E-state index contributed by atoms with van der Waals surface area (Å²) in [7, 11) is 1.64. The first-order chi connectivity index (χ1) is 10.8. The molecule has 1 aromatic heterocycles. The summed E-state index contributed by atoms with van der Waals surface area (Å²) >= 11 is 0. The molecule has 4 rings (SSSR count). The summed E-state index contributed by atoms with van der Waals surface area (Å²) in [5.74, 6) is 0.743. The molecule has 1 aliphatic heterocycles. The number of benzene rings is 1. The minimum absolute atomic E-state index is 0.0480. The lowest BCUT2D eigenvalue weighted by Gasteiger charge is -2.27. The van der Waals surface area contributed by atoms with Crippen LogP contribution < -0.4 is 4.74 Å². The molecule has 0 saturated heterocycles. The number of carbonyl (C=O) groups is 1. The molecule has 0 radical (unpaired) electrons. The Morgan fingerprint density at radius 1 is 1.27 bits per heavy atom. The maximum Gasteiger partial charge on any atom is 0.257 e. The molecule has 5 nitrogen and oxygen atoms in total. The molecule has 2 aromatic rings.